The molecule has 0 radical (unpaired) electrons. The predicted octanol–water partition coefficient (Wildman–Crippen LogP) is 1.43. The minimum atomic E-state index is -0.665. The lowest BCUT2D eigenvalue weighted by Gasteiger charge is -2.32. The molecule has 2 heterocycles. The van der Waals surface area contributed by atoms with Crippen molar-refractivity contribution in [3.8, 4) is 0 Å². The smallest absolute Gasteiger partial charge is 0.233 e. The maximum Gasteiger partial charge on any atom is 0.233 e. The molecule has 2 fully saturated rings. The van der Waals surface area contributed by atoms with Gasteiger partial charge in [0.1, 0.15) is 0 Å². The van der Waals surface area contributed by atoms with Crippen molar-refractivity contribution in [1.82, 2.24) is 10.2 Å². The average molecular weight is 283 g/mol. The maximum atomic E-state index is 12.6. The van der Waals surface area contributed by atoms with Crippen LogP contribution in [0.3, 0.4) is 0 Å². The van der Waals surface area contributed by atoms with E-state index in [4.69, 9.17) is 18.0 Å². The fraction of sp³-hybridized carbons (Fsp3) is 0.857. The highest BCUT2D eigenvalue weighted by molar-refractivity contribution is 7.80. The van der Waals surface area contributed by atoms with Crippen molar-refractivity contribution in [2.75, 3.05) is 13.1 Å². The molecule has 2 rings (SSSR count). The molecular formula is C14H25N3OS. The monoisotopic (exact) mass is 283 g/mol. The van der Waals surface area contributed by atoms with Crippen LogP contribution >= 0.6 is 12.2 Å². The zero-order chi connectivity index (χ0) is 14.0. The van der Waals surface area contributed by atoms with Crippen LogP contribution in [-0.2, 0) is 4.79 Å². The second kappa shape index (κ2) is 5.75. The number of amides is 1. The Balaban J connectivity index is 2.05. The van der Waals surface area contributed by atoms with Crippen LogP contribution in [0.4, 0.5) is 0 Å². The zero-order valence-corrected chi connectivity index (χ0v) is 12.8. The summed E-state index contributed by atoms with van der Waals surface area (Å²) in [6.07, 6.45) is 4.84. The molecule has 5 heteroatoms. The van der Waals surface area contributed by atoms with Gasteiger partial charge >= 0.3 is 0 Å². The molecule has 3 N–H and O–H groups in total. The molecule has 0 aromatic carbocycles. The molecule has 2 atom stereocenters. The summed E-state index contributed by atoms with van der Waals surface area (Å²) in [6, 6.07) is 0.809. The standard InChI is InChI=1S/C14H25N3OS/c1-3-14(4-2,12(15)19)13(18)16-10-7-9-17-8-5-6-11(10)17/h10-11H,3-9H2,1-2H3,(H2,15,19)(H,16,18). The van der Waals surface area contributed by atoms with E-state index in [2.05, 4.69) is 10.2 Å². The number of rotatable bonds is 5. The van der Waals surface area contributed by atoms with Crippen molar-refractivity contribution in [3.63, 3.8) is 0 Å². The summed E-state index contributed by atoms with van der Waals surface area (Å²) in [6.45, 7) is 6.25. The van der Waals surface area contributed by atoms with Crippen molar-refractivity contribution in [3.05, 3.63) is 0 Å². The van der Waals surface area contributed by atoms with Crippen LogP contribution in [0.15, 0.2) is 0 Å². The number of nitrogens with zero attached hydrogens (tertiary/aromatic N) is 1. The van der Waals surface area contributed by atoms with Crippen molar-refractivity contribution in [2.24, 2.45) is 11.1 Å². The molecule has 1 amide bonds. The summed E-state index contributed by atoms with van der Waals surface area (Å²) in [5.41, 5.74) is 5.17. The van der Waals surface area contributed by atoms with E-state index >= 15 is 0 Å². The third-order valence-corrected chi connectivity index (χ3v) is 5.43. The number of thiocarbonyl (C=S) groups is 1. The maximum absolute atomic E-state index is 12.6. The van der Waals surface area contributed by atoms with Crippen LogP contribution in [0.2, 0.25) is 0 Å². The topological polar surface area (TPSA) is 58.4 Å². The Morgan fingerprint density at radius 1 is 1.37 bits per heavy atom. The molecule has 0 aromatic heterocycles. The Bertz CT molecular complexity index is 368. The third-order valence-electron chi connectivity index (χ3n) is 5.04. The Hall–Kier alpha value is -0.680. The number of hydrogen-bond acceptors (Lipinski definition) is 3. The first-order valence-electron chi connectivity index (χ1n) is 7.40. The van der Waals surface area contributed by atoms with Gasteiger partial charge in [-0.15, -0.1) is 0 Å². The van der Waals surface area contributed by atoms with Gasteiger partial charge < -0.3 is 11.1 Å². The van der Waals surface area contributed by atoms with E-state index < -0.39 is 5.41 Å². The molecule has 19 heavy (non-hydrogen) atoms. The van der Waals surface area contributed by atoms with Gasteiger partial charge in [-0.05, 0) is 38.6 Å². The molecule has 2 saturated heterocycles. The highest BCUT2D eigenvalue weighted by Crippen LogP contribution is 2.31. The van der Waals surface area contributed by atoms with Gasteiger partial charge in [-0.3, -0.25) is 9.69 Å². The average Bonchev–Trinajstić information content (AvgIpc) is 2.96. The lowest BCUT2D eigenvalue weighted by Crippen LogP contribution is -2.53. The highest BCUT2D eigenvalue weighted by atomic mass is 32.1. The first kappa shape index (κ1) is 14.7. The minimum Gasteiger partial charge on any atom is -0.392 e. The number of hydrogen-bond donors (Lipinski definition) is 2. The van der Waals surface area contributed by atoms with Crippen molar-refractivity contribution >= 4 is 23.1 Å². The van der Waals surface area contributed by atoms with Crippen molar-refractivity contribution in [1.29, 1.82) is 0 Å². The first-order chi connectivity index (χ1) is 9.05. The molecule has 2 aliphatic rings. The summed E-state index contributed by atoms with van der Waals surface area (Å²) in [5.74, 6) is 0.0312. The van der Waals surface area contributed by atoms with E-state index in [1.54, 1.807) is 0 Å². The number of nitrogens with one attached hydrogen (secondary N) is 1. The number of fused-ring (bicyclic) bond motifs is 1. The molecule has 0 aromatic rings. The first-order valence-corrected chi connectivity index (χ1v) is 7.81. The Kier molecular flexibility index (Phi) is 4.46. The lowest BCUT2D eigenvalue weighted by molar-refractivity contribution is -0.128. The summed E-state index contributed by atoms with van der Waals surface area (Å²) in [7, 11) is 0. The van der Waals surface area contributed by atoms with E-state index in [1.807, 2.05) is 13.8 Å². The number of nitrogens with two attached hydrogens (primary N) is 1. The fourth-order valence-electron chi connectivity index (χ4n) is 3.59. The van der Waals surface area contributed by atoms with E-state index in [9.17, 15) is 4.79 Å². The Morgan fingerprint density at radius 3 is 2.63 bits per heavy atom. The molecule has 2 unspecified atom stereocenters. The summed E-state index contributed by atoms with van der Waals surface area (Å²) in [5, 5.41) is 3.23. The number of carbonyl (C=O) groups is 1. The second-order valence-corrected chi connectivity index (χ2v) is 6.21. The van der Waals surface area contributed by atoms with Gasteiger partial charge in [-0.1, -0.05) is 26.1 Å². The van der Waals surface area contributed by atoms with Crippen LogP contribution in [0.25, 0.3) is 0 Å². The molecule has 108 valence electrons. The molecule has 0 spiro atoms. The summed E-state index contributed by atoms with van der Waals surface area (Å²) < 4.78 is 0. The summed E-state index contributed by atoms with van der Waals surface area (Å²) in [4.78, 5) is 15.4. The molecular weight excluding hydrogens is 258 g/mol. The van der Waals surface area contributed by atoms with E-state index in [1.165, 1.54) is 19.4 Å². The van der Waals surface area contributed by atoms with Gasteiger partial charge in [-0.2, -0.15) is 0 Å². The SMILES string of the molecule is CCC(CC)(C(=O)NC1CCN2CCCC12)C(N)=S. The van der Waals surface area contributed by atoms with Gasteiger partial charge in [0.2, 0.25) is 5.91 Å². The molecule has 4 nitrogen and oxygen atoms in total. The molecule has 0 bridgehead atoms. The van der Waals surface area contributed by atoms with Gasteiger partial charge in [0, 0.05) is 18.6 Å². The van der Waals surface area contributed by atoms with Crippen LogP contribution in [0, 0.1) is 5.41 Å². The second-order valence-electron chi connectivity index (χ2n) is 5.77. The highest BCUT2D eigenvalue weighted by Gasteiger charge is 2.43. The van der Waals surface area contributed by atoms with Gasteiger partial charge in [0.05, 0.1) is 10.4 Å². The molecule has 2 aliphatic heterocycles. The Labute approximate surface area is 121 Å². The minimum absolute atomic E-state index is 0.0312. The van der Waals surface area contributed by atoms with E-state index in [0.29, 0.717) is 23.9 Å². The van der Waals surface area contributed by atoms with Crippen LogP contribution in [0.1, 0.15) is 46.0 Å². The van der Waals surface area contributed by atoms with Crippen LogP contribution in [-0.4, -0.2) is 41.0 Å². The van der Waals surface area contributed by atoms with Gasteiger partial charge in [0.15, 0.2) is 0 Å². The Morgan fingerprint density at radius 2 is 2.05 bits per heavy atom. The largest absolute Gasteiger partial charge is 0.392 e. The fourth-order valence-corrected chi connectivity index (χ4v) is 3.97. The van der Waals surface area contributed by atoms with E-state index in [0.717, 1.165) is 13.0 Å². The van der Waals surface area contributed by atoms with Gasteiger partial charge in [-0.25, -0.2) is 0 Å². The van der Waals surface area contributed by atoms with E-state index in [-0.39, 0.29) is 11.9 Å². The van der Waals surface area contributed by atoms with Gasteiger partial charge in [0.25, 0.3) is 0 Å². The summed E-state index contributed by atoms with van der Waals surface area (Å²) >= 11 is 5.14. The van der Waals surface area contributed by atoms with Crippen molar-refractivity contribution < 1.29 is 4.79 Å². The quantitative estimate of drug-likeness (QED) is 0.750. The lowest BCUT2D eigenvalue weighted by atomic mass is 9.81. The molecule has 0 aliphatic carbocycles. The predicted molar refractivity (Wildman–Crippen MR) is 80.9 cm³/mol. The van der Waals surface area contributed by atoms with Crippen LogP contribution < -0.4 is 11.1 Å². The van der Waals surface area contributed by atoms with Crippen LogP contribution in [0.5, 0.6) is 0 Å². The third kappa shape index (κ3) is 2.50. The van der Waals surface area contributed by atoms with Crippen molar-refractivity contribution in [2.45, 2.75) is 58.0 Å². The normalized spacial score (nSPS) is 27.3. The molecule has 0 saturated carbocycles. The number of carbonyl (C=O) groups excluding carboxylic acids is 1. The zero-order valence-electron chi connectivity index (χ0n) is 11.9.